The van der Waals surface area contributed by atoms with Crippen LogP contribution in [0.25, 0.3) is 0 Å². The molecule has 0 unspecified atom stereocenters. The molecule has 1 fully saturated rings. The number of anilines is 1. The summed E-state index contributed by atoms with van der Waals surface area (Å²) < 4.78 is 27.2. The van der Waals surface area contributed by atoms with E-state index in [9.17, 15) is 8.78 Å². The summed E-state index contributed by atoms with van der Waals surface area (Å²) in [4.78, 5) is 13.3. The molecular formula is C13H11F2N3O. The molecule has 1 atom stereocenters. The van der Waals surface area contributed by atoms with Crippen molar-refractivity contribution in [3.8, 4) is 0 Å². The van der Waals surface area contributed by atoms with E-state index in [4.69, 9.17) is 4.84 Å². The summed E-state index contributed by atoms with van der Waals surface area (Å²) in [6.07, 6.45) is 3.53. The maximum Gasteiger partial charge on any atom is 0.164 e. The molecule has 6 heteroatoms. The maximum atomic E-state index is 13.9. The highest BCUT2D eigenvalue weighted by atomic mass is 19.2. The summed E-state index contributed by atoms with van der Waals surface area (Å²) in [6, 6.07) is 5.43. The average molecular weight is 263 g/mol. The second-order valence-corrected chi connectivity index (χ2v) is 4.17. The van der Waals surface area contributed by atoms with E-state index in [0.29, 0.717) is 18.8 Å². The fourth-order valence-electron chi connectivity index (χ4n) is 2.17. The van der Waals surface area contributed by atoms with E-state index in [1.807, 2.05) is 0 Å². The predicted molar refractivity (Wildman–Crippen MR) is 64.2 cm³/mol. The van der Waals surface area contributed by atoms with E-state index in [1.54, 1.807) is 18.3 Å². The standard InChI is InChI=1S/C13H11F2N3O/c14-10-3-1-2-9(13(10)15)11-5-7-19-18(11)12-4-6-16-8-17-12/h1-4,6,8,11H,5,7H2/t11-/m1/s1. The second-order valence-electron chi connectivity index (χ2n) is 4.17. The minimum atomic E-state index is -0.855. The molecule has 3 rings (SSSR count). The summed E-state index contributed by atoms with van der Waals surface area (Å²) in [7, 11) is 0. The normalized spacial score (nSPS) is 18.8. The van der Waals surface area contributed by atoms with Gasteiger partial charge in [0.25, 0.3) is 0 Å². The summed E-state index contributed by atoms with van der Waals surface area (Å²) in [5.74, 6) is -1.16. The van der Waals surface area contributed by atoms with Crippen LogP contribution in [0.2, 0.25) is 0 Å². The molecule has 1 aromatic carbocycles. The number of hydroxylamine groups is 1. The van der Waals surface area contributed by atoms with Gasteiger partial charge >= 0.3 is 0 Å². The fourth-order valence-corrected chi connectivity index (χ4v) is 2.17. The Balaban J connectivity index is 1.98. The van der Waals surface area contributed by atoms with Gasteiger partial charge in [-0.25, -0.2) is 23.8 Å². The molecule has 0 spiro atoms. The van der Waals surface area contributed by atoms with Crippen molar-refractivity contribution in [2.24, 2.45) is 0 Å². The SMILES string of the molecule is Fc1cccc([C@H]2CCON2c2ccncn2)c1F. The third kappa shape index (κ3) is 2.15. The van der Waals surface area contributed by atoms with Crippen molar-refractivity contribution in [2.45, 2.75) is 12.5 Å². The lowest BCUT2D eigenvalue weighted by molar-refractivity contribution is 0.156. The van der Waals surface area contributed by atoms with E-state index in [0.717, 1.165) is 6.07 Å². The van der Waals surface area contributed by atoms with Crippen LogP contribution in [0.15, 0.2) is 36.8 Å². The average Bonchev–Trinajstić information content (AvgIpc) is 2.92. The lowest BCUT2D eigenvalue weighted by Gasteiger charge is -2.23. The number of halogens is 2. The molecule has 2 aromatic rings. The Bertz CT molecular complexity index is 579. The van der Waals surface area contributed by atoms with E-state index in [2.05, 4.69) is 9.97 Å². The molecule has 98 valence electrons. The summed E-state index contributed by atoms with van der Waals surface area (Å²) >= 11 is 0. The van der Waals surface area contributed by atoms with Crippen LogP contribution in [0.5, 0.6) is 0 Å². The fraction of sp³-hybridized carbons (Fsp3) is 0.231. The number of hydrogen-bond donors (Lipinski definition) is 0. The molecule has 0 amide bonds. The number of rotatable bonds is 2. The second kappa shape index (κ2) is 4.89. The zero-order valence-corrected chi connectivity index (χ0v) is 9.96. The van der Waals surface area contributed by atoms with Gasteiger partial charge in [0, 0.05) is 24.2 Å². The number of nitrogens with zero attached hydrogens (tertiary/aromatic N) is 3. The number of hydrogen-bond acceptors (Lipinski definition) is 4. The molecule has 0 bridgehead atoms. The molecule has 1 aromatic heterocycles. The molecule has 0 N–H and O–H groups in total. The highest BCUT2D eigenvalue weighted by Crippen LogP contribution is 2.35. The third-order valence-electron chi connectivity index (χ3n) is 3.04. The van der Waals surface area contributed by atoms with Gasteiger partial charge in [-0.15, -0.1) is 0 Å². The Morgan fingerprint density at radius 2 is 2.16 bits per heavy atom. The minimum Gasteiger partial charge on any atom is -0.271 e. The van der Waals surface area contributed by atoms with Gasteiger partial charge in [0.2, 0.25) is 0 Å². The van der Waals surface area contributed by atoms with Gasteiger partial charge in [0.15, 0.2) is 17.5 Å². The first-order valence-electron chi connectivity index (χ1n) is 5.89. The largest absolute Gasteiger partial charge is 0.271 e. The monoisotopic (exact) mass is 263 g/mol. The molecule has 19 heavy (non-hydrogen) atoms. The van der Waals surface area contributed by atoms with Crippen molar-refractivity contribution in [1.29, 1.82) is 0 Å². The molecule has 1 saturated heterocycles. The van der Waals surface area contributed by atoms with Crippen LogP contribution in [0.3, 0.4) is 0 Å². The van der Waals surface area contributed by atoms with Gasteiger partial charge in [-0.3, -0.25) is 4.84 Å². The lowest BCUT2D eigenvalue weighted by atomic mass is 10.0. The van der Waals surface area contributed by atoms with Gasteiger partial charge in [0.1, 0.15) is 6.33 Å². The first-order valence-corrected chi connectivity index (χ1v) is 5.89. The van der Waals surface area contributed by atoms with Gasteiger partial charge in [0.05, 0.1) is 12.6 Å². The zero-order valence-electron chi connectivity index (χ0n) is 9.96. The molecule has 1 aliphatic rings. The first-order chi connectivity index (χ1) is 9.27. The predicted octanol–water partition coefficient (Wildman–Crippen LogP) is 2.64. The van der Waals surface area contributed by atoms with Crippen LogP contribution in [-0.4, -0.2) is 16.6 Å². The Labute approximate surface area is 108 Å². The molecule has 0 radical (unpaired) electrons. The minimum absolute atomic E-state index is 0.274. The zero-order chi connectivity index (χ0) is 13.2. The Morgan fingerprint density at radius 1 is 1.26 bits per heavy atom. The molecule has 4 nitrogen and oxygen atoms in total. The van der Waals surface area contributed by atoms with Crippen LogP contribution < -0.4 is 5.06 Å². The van der Waals surface area contributed by atoms with Crippen molar-refractivity contribution in [2.75, 3.05) is 11.7 Å². The van der Waals surface area contributed by atoms with E-state index < -0.39 is 11.6 Å². The van der Waals surface area contributed by atoms with Crippen molar-refractivity contribution >= 4 is 5.82 Å². The molecule has 2 heterocycles. The van der Waals surface area contributed by atoms with Crippen LogP contribution in [-0.2, 0) is 4.84 Å². The molecule has 1 aliphatic heterocycles. The van der Waals surface area contributed by atoms with Crippen molar-refractivity contribution in [3.05, 3.63) is 54.0 Å². The van der Waals surface area contributed by atoms with Crippen LogP contribution in [0.1, 0.15) is 18.0 Å². The van der Waals surface area contributed by atoms with Crippen molar-refractivity contribution in [1.82, 2.24) is 9.97 Å². The van der Waals surface area contributed by atoms with Gasteiger partial charge in [-0.1, -0.05) is 12.1 Å². The smallest absolute Gasteiger partial charge is 0.164 e. The first kappa shape index (κ1) is 12.0. The van der Waals surface area contributed by atoms with Crippen LogP contribution in [0, 0.1) is 11.6 Å². The topological polar surface area (TPSA) is 38.2 Å². The number of aromatic nitrogens is 2. The van der Waals surface area contributed by atoms with E-state index in [1.165, 1.54) is 17.5 Å². The van der Waals surface area contributed by atoms with Crippen LogP contribution >= 0.6 is 0 Å². The summed E-state index contributed by atoms with van der Waals surface area (Å²) in [5.41, 5.74) is 0.274. The molecule has 0 saturated carbocycles. The summed E-state index contributed by atoms with van der Waals surface area (Å²) in [5, 5.41) is 1.50. The van der Waals surface area contributed by atoms with Gasteiger partial charge < -0.3 is 0 Å². The summed E-state index contributed by atoms with van der Waals surface area (Å²) in [6.45, 7) is 0.435. The van der Waals surface area contributed by atoms with Crippen molar-refractivity contribution in [3.63, 3.8) is 0 Å². The highest BCUT2D eigenvalue weighted by molar-refractivity contribution is 5.39. The molecular weight excluding hydrogens is 252 g/mol. The van der Waals surface area contributed by atoms with E-state index in [-0.39, 0.29) is 11.6 Å². The maximum absolute atomic E-state index is 13.9. The molecule has 0 aliphatic carbocycles. The Morgan fingerprint density at radius 3 is 2.95 bits per heavy atom. The lowest BCUT2D eigenvalue weighted by Crippen LogP contribution is -2.23. The van der Waals surface area contributed by atoms with Crippen LogP contribution in [0.4, 0.5) is 14.6 Å². The van der Waals surface area contributed by atoms with Gasteiger partial charge in [-0.2, -0.15) is 0 Å². The quantitative estimate of drug-likeness (QED) is 0.834. The van der Waals surface area contributed by atoms with Crippen molar-refractivity contribution < 1.29 is 13.6 Å². The number of benzene rings is 1. The van der Waals surface area contributed by atoms with E-state index >= 15 is 0 Å². The Hall–Kier alpha value is -2.08. The van der Waals surface area contributed by atoms with Gasteiger partial charge in [-0.05, 0) is 6.07 Å². The highest BCUT2D eigenvalue weighted by Gasteiger charge is 2.31. The third-order valence-corrected chi connectivity index (χ3v) is 3.04. The Kier molecular flexibility index (Phi) is 3.08.